The highest BCUT2D eigenvalue weighted by atomic mass is 32.2. The molecule has 1 aromatic rings. The van der Waals surface area contributed by atoms with Crippen molar-refractivity contribution in [2.75, 3.05) is 26.7 Å². The number of likely N-dealkylation sites (tertiary alicyclic amines) is 1. The van der Waals surface area contributed by atoms with Gasteiger partial charge in [0.05, 0.1) is 4.90 Å². The number of carbonyl (C=O) groups is 1. The summed E-state index contributed by atoms with van der Waals surface area (Å²) in [4.78, 5) is 14.0. The number of nitrogens with zero attached hydrogens (tertiary/aromatic N) is 1. The minimum Gasteiger partial charge on any atom is -0.306 e. The number of nitrogens with one attached hydrogen (secondary N) is 1. The van der Waals surface area contributed by atoms with E-state index in [2.05, 4.69) is 9.62 Å². The SMILES string of the molecule is CCC(=O)c1cccc(S(=O)(=O)NCC2CCN(C)C2)c1. The van der Waals surface area contributed by atoms with Crippen molar-refractivity contribution in [1.82, 2.24) is 9.62 Å². The molecule has 0 amide bonds. The average Bonchev–Trinajstić information content (AvgIpc) is 2.90. The first-order valence-electron chi connectivity index (χ1n) is 7.24. The molecule has 116 valence electrons. The normalized spacial score (nSPS) is 19.8. The van der Waals surface area contributed by atoms with Crippen molar-refractivity contribution in [1.29, 1.82) is 0 Å². The van der Waals surface area contributed by atoms with E-state index in [9.17, 15) is 13.2 Å². The van der Waals surface area contributed by atoms with E-state index < -0.39 is 10.0 Å². The monoisotopic (exact) mass is 310 g/mol. The lowest BCUT2D eigenvalue weighted by Crippen LogP contribution is -2.30. The molecule has 0 spiro atoms. The Morgan fingerprint density at radius 1 is 1.43 bits per heavy atom. The highest BCUT2D eigenvalue weighted by Gasteiger charge is 2.22. The molecule has 0 aliphatic carbocycles. The molecule has 0 saturated carbocycles. The summed E-state index contributed by atoms with van der Waals surface area (Å²) < 4.78 is 27.3. The second-order valence-electron chi connectivity index (χ2n) is 5.57. The topological polar surface area (TPSA) is 66.5 Å². The number of hydrogen-bond donors (Lipinski definition) is 1. The van der Waals surface area contributed by atoms with Gasteiger partial charge in [0.25, 0.3) is 0 Å². The summed E-state index contributed by atoms with van der Waals surface area (Å²) in [6.45, 7) is 4.13. The van der Waals surface area contributed by atoms with Crippen molar-refractivity contribution in [2.45, 2.75) is 24.7 Å². The van der Waals surface area contributed by atoms with Crippen LogP contribution in [0, 0.1) is 5.92 Å². The molecule has 1 aromatic carbocycles. The second kappa shape index (κ2) is 6.68. The smallest absolute Gasteiger partial charge is 0.240 e. The number of Topliss-reactive ketones (excluding diaryl/α,β-unsaturated/α-hetero) is 1. The standard InChI is InChI=1S/C15H22N2O3S/c1-3-15(18)13-5-4-6-14(9-13)21(19,20)16-10-12-7-8-17(2)11-12/h4-6,9,12,16H,3,7-8,10-11H2,1-2H3. The molecule has 0 radical (unpaired) electrons. The largest absolute Gasteiger partial charge is 0.306 e. The van der Waals surface area contributed by atoms with Crippen LogP contribution >= 0.6 is 0 Å². The van der Waals surface area contributed by atoms with Gasteiger partial charge in [-0.3, -0.25) is 4.79 Å². The van der Waals surface area contributed by atoms with Gasteiger partial charge in [-0.1, -0.05) is 19.1 Å². The maximum Gasteiger partial charge on any atom is 0.240 e. The van der Waals surface area contributed by atoms with E-state index in [1.807, 2.05) is 7.05 Å². The van der Waals surface area contributed by atoms with E-state index in [0.29, 0.717) is 24.4 Å². The maximum atomic E-state index is 12.3. The van der Waals surface area contributed by atoms with E-state index in [1.54, 1.807) is 19.1 Å². The summed E-state index contributed by atoms with van der Waals surface area (Å²) in [5, 5.41) is 0. The predicted octanol–water partition coefficient (Wildman–Crippen LogP) is 1.51. The molecule has 6 heteroatoms. The van der Waals surface area contributed by atoms with Gasteiger partial charge in [0.2, 0.25) is 10.0 Å². The molecule has 0 bridgehead atoms. The van der Waals surface area contributed by atoms with Gasteiger partial charge >= 0.3 is 0 Å². The van der Waals surface area contributed by atoms with Gasteiger partial charge in [-0.15, -0.1) is 0 Å². The average molecular weight is 310 g/mol. The molecule has 1 N–H and O–H groups in total. The van der Waals surface area contributed by atoms with Crippen LogP contribution in [0.5, 0.6) is 0 Å². The van der Waals surface area contributed by atoms with Crippen LogP contribution in [0.25, 0.3) is 0 Å². The van der Waals surface area contributed by atoms with Crippen molar-refractivity contribution >= 4 is 15.8 Å². The minimum absolute atomic E-state index is 0.0514. The van der Waals surface area contributed by atoms with E-state index in [4.69, 9.17) is 0 Å². The molecule has 5 nitrogen and oxygen atoms in total. The molecule has 1 aliphatic rings. The third kappa shape index (κ3) is 4.12. The molecular weight excluding hydrogens is 288 g/mol. The maximum absolute atomic E-state index is 12.3. The minimum atomic E-state index is -3.55. The van der Waals surface area contributed by atoms with E-state index in [-0.39, 0.29) is 10.7 Å². The first-order valence-corrected chi connectivity index (χ1v) is 8.72. The van der Waals surface area contributed by atoms with Crippen molar-refractivity contribution in [2.24, 2.45) is 5.92 Å². The fraction of sp³-hybridized carbons (Fsp3) is 0.533. The van der Waals surface area contributed by atoms with Crippen molar-refractivity contribution < 1.29 is 13.2 Å². The summed E-state index contributed by atoms with van der Waals surface area (Å²) >= 11 is 0. The van der Waals surface area contributed by atoms with E-state index >= 15 is 0 Å². The number of hydrogen-bond acceptors (Lipinski definition) is 4. The molecular formula is C15H22N2O3S. The number of benzene rings is 1. The Balaban J connectivity index is 2.07. The zero-order chi connectivity index (χ0) is 15.5. The van der Waals surface area contributed by atoms with Gasteiger partial charge in [0, 0.05) is 25.1 Å². The van der Waals surface area contributed by atoms with Crippen LogP contribution in [-0.2, 0) is 10.0 Å². The number of rotatable bonds is 6. The molecule has 1 atom stereocenters. The van der Waals surface area contributed by atoms with Crippen LogP contribution in [0.2, 0.25) is 0 Å². The molecule has 1 unspecified atom stereocenters. The second-order valence-corrected chi connectivity index (χ2v) is 7.34. The summed E-state index contributed by atoms with van der Waals surface area (Å²) in [6.07, 6.45) is 1.37. The van der Waals surface area contributed by atoms with Crippen LogP contribution < -0.4 is 4.72 Å². The van der Waals surface area contributed by atoms with Gasteiger partial charge in [0.15, 0.2) is 5.78 Å². The van der Waals surface area contributed by atoms with Crippen LogP contribution in [0.4, 0.5) is 0 Å². The number of sulfonamides is 1. The summed E-state index contributed by atoms with van der Waals surface area (Å²) in [6, 6.07) is 6.24. The third-order valence-corrected chi connectivity index (χ3v) is 5.26. The fourth-order valence-corrected chi connectivity index (χ4v) is 3.71. The van der Waals surface area contributed by atoms with Gasteiger partial charge in [-0.25, -0.2) is 13.1 Å². The highest BCUT2D eigenvalue weighted by Crippen LogP contribution is 2.16. The molecule has 0 aromatic heterocycles. The Hall–Kier alpha value is -1.24. The molecule has 1 aliphatic heterocycles. The van der Waals surface area contributed by atoms with Crippen molar-refractivity contribution in [3.8, 4) is 0 Å². The Labute approximate surface area is 126 Å². The Morgan fingerprint density at radius 3 is 2.81 bits per heavy atom. The van der Waals surface area contributed by atoms with Gasteiger partial charge in [-0.2, -0.15) is 0 Å². The lowest BCUT2D eigenvalue weighted by molar-refractivity contribution is 0.0988. The highest BCUT2D eigenvalue weighted by molar-refractivity contribution is 7.89. The van der Waals surface area contributed by atoms with Gasteiger partial charge < -0.3 is 4.90 Å². The predicted molar refractivity (Wildman–Crippen MR) is 81.9 cm³/mol. The zero-order valence-corrected chi connectivity index (χ0v) is 13.3. The fourth-order valence-electron chi connectivity index (χ4n) is 2.54. The lowest BCUT2D eigenvalue weighted by Gasteiger charge is -2.12. The van der Waals surface area contributed by atoms with E-state index in [0.717, 1.165) is 19.5 Å². The third-order valence-electron chi connectivity index (χ3n) is 3.84. The molecule has 21 heavy (non-hydrogen) atoms. The number of ketones is 1. The first kappa shape index (κ1) is 16.1. The van der Waals surface area contributed by atoms with Crippen molar-refractivity contribution in [3.05, 3.63) is 29.8 Å². The summed E-state index contributed by atoms with van der Waals surface area (Å²) in [5.41, 5.74) is 0.445. The van der Waals surface area contributed by atoms with Crippen LogP contribution in [0.3, 0.4) is 0 Å². The lowest BCUT2D eigenvalue weighted by atomic mass is 10.1. The van der Waals surface area contributed by atoms with E-state index in [1.165, 1.54) is 12.1 Å². The summed E-state index contributed by atoms with van der Waals surface area (Å²) in [7, 11) is -1.51. The molecule has 1 heterocycles. The Morgan fingerprint density at radius 2 is 2.19 bits per heavy atom. The Bertz CT molecular complexity index is 613. The van der Waals surface area contributed by atoms with Gasteiger partial charge in [-0.05, 0) is 38.1 Å². The van der Waals surface area contributed by atoms with Crippen molar-refractivity contribution in [3.63, 3.8) is 0 Å². The summed E-state index contributed by atoms with van der Waals surface area (Å²) in [5.74, 6) is 0.301. The van der Waals surface area contributed by atoms with Crippen LogP contribution in [0.15, 0.2) is 29.2 Å². The zero-order valence-electron chi connectivity index (χ0n) is 12.5. The Kier molecular flexibility index (Phi) is 5.13. The number of carbonyl (C=O) groups excluding carboxylic acids is 1. The first-order chi connectivity index (χ1) is 9.92. The van der Waals surface area contributed by atoms with Gasteiger partial charge in [0.1, 0.15) is 0 Å². The molecule has 1 fully saturated rings. The van der Waals surface area contributed by atoms with Crippen LogP contribution in [-0.4, -0.2) is 45.8 Å². The molecule has 1 saturated heterocycles. The van der Waals surface area contributed by atoms with Crippen LogP contribution in [0.1, 0.15) is 30.1 Å². The quantitative estimate of drug-likeness (QED) is 0.809. The molecule has 2 rings (SSSR count).